The predicted molar refractivity (Wildman–Crippen MR) is 70.7 cm³/mol. The van der Waals surface area contributed by atoms with Gasteiger partial charge < -0.3 is 15.4 Å². The van der Waals surface area contributed by atoms with Gasteiger partial charge in [-0.15, -0.1) is 0 Å². The predicted octanol–water partition coefficient (Wildman–Crippen LogP) is 1.62. The Bertz CT molecular complexity index is 409. The zero-order chi connectivity index (χ0) is 13.1. The van der Waals surface area contributed by atoms with Crippen LogP contribution >= 0.6 is 0 Å². The lowest BCUT2D eigenvalue weighted by molar-refractivity contribution is 0.222. The Labute approximate surface area is 108 Å². The number of hydrogen-bond acceptors (Lipinski definition) is 6. The zero-order valence-electron chi connectivity index (χ0n) is 11.3. The first kappa shape index (κ1) is 12.9. The summed E-state index contributed by atoms with van der Waals surface area (Å²) in [5.74, 6) is 0.861. The van der Waals surface area contributed by atoms with Crippen LogP contribution in [-0.2, 0) is 0 Å². The summed E-state index contributed by atoms with van der Waals surface area (Å²) in [5, 5.41) is 0. The largest absolute Gasteiger partial charge is 0.461 e. The van der Waals surface area contributed by atoms with Crippen LogP contribution in [0.3, 0.4) is 0 Å². The average molecular weight is 251 g/mol. The molecule has 1 aromatic rings. The first-order valence-electron chi connectivity index (χ1n) is 6.55. The molecule has 0 aliphatic carbocycles. The van der Waals surface area contributed by atoms with Crippen LogP contribution < -0.4 is 15.4 Å². The molecule has 0 saturated carbocycles. The first-order chi connectivity index (χ1) is 8.60. The summed E-state index contributed by atoms with van der Waals surface area (Å²) >= 11 is 0. The number of ether oxygens (including phenoxy) is 1. The highest BCUT2D eigenvalue weighted by Gasteiger charge is 2.26. The van der Waals surface area contributed by atoms with Gasteiger partial charge in [-0.05, 0) is 33.1 Å². The van der Waals surface area contributed by atoms with Gasteiger partial charge in [-0.1, -0.05) is 6.92 Å². The molecule has 100 valence electrons. The number of aromatic nitrogens is 3. The highest BCUT2D eigenvalue weighted by Crippen LogP contribution is 2.25. The van der Waals surface area contributed by atoms with Crippen molar-refractivity contribution < 1.29 is 4.74 Å². The molecule has 0 bridgehead atoms. The van der Waals surface area contributed by atoms with E-state index in [9.17, 15) is 0 Å². The van der Waals surface area contributed by atoms with Gasteiger partial charge in [0, 0.05) is 12.6 Å². The molecule has 1 aliphatic heterocycles. The number of hydrogen-bond donors (Lipinski definition) is 1. The minimum absolute atomic E-state index is 0.0280. The van der Waals surface area contributed by atoms with E-state index in [0.717, 1.165) is 13.0 Å². The highest BCUT2D eigenvalue weighted by atomic mass is 16.5. The first-order valence-corrected chi connectivity index (χ1v) is 6.55. The number of anilines is 2. The van der Waals surface area contributed by atoms with E-state index in [1.165, 1.54) is 12.8 Å². The molecule has 1 atom stereocenters. The summed E-state index contributed by atoms with van der Waals surface area (Å²) in [6.45, 7) is 7.02. The van der Waals surface area contributed by atoms with Crippen LogP contribution in [0.1, 0.15) is 40.0 Å². The fourth-order valence-corrected chi connectivity index (χ4v) is 2.28. The van der Waals surface area contributed by atoms with Crippen LogP contribution in [-0.4, -0.2) is 33.6 Å². The molecule has 2 heterocycles. The Morgan fingerprint density at radius 2 is 2.17 bits per heavy atom. The number of nitrogens with two attached hydrogens (primary N) is 1. The number of rotatable bonds is 4. The van der Waals surface area contributed by atoms with Crippen molar-refractivity contribution in [2.75, 3.05) is 17.2 Å². The molecule has 1 unspecified atom stereocenters. The van der Waals surface area contributed by atoms with Crippen molar-refractivity contribution in [3.63, 3.8) is 0 Å². The summed E-state index contributed by atoms with van der Waals surface area (Å²) in [7, 11) is 0. The molecule has 1 saturated heterocycles. The van der Waals surface area contributed by atoms with Gasteiger partial charge in [0.25, 0.3) is 0 Å². The lowest BCUT2D eigenvalue weighted by Crippen LogP contribution is -2.30. The molecule has 0 aromatic carbocycles. The van der Waals surface area contributed by atoms with E-state index < -0.39 is 0 Å². The molecule has 0 radical (unpaired) electrons. The molecule has 18 heavy (non-hydrogen) atoms. The van der Waals surface area contributed by atoms with Gasteiger partial charge in [0.05, 0.1) is 6.10 Å². The van der Waals surface area contributed by atoms with Gasteiger partial charge in [-0.2, -0.15) is 15.0 Å². The summed E-state index contributed by atoms with van der Waals surface area (Å²) in [5.41, 5.74) is 5.72. The maximum atomic E-state index is 5.72. The number of nitrogen functional groups attached to an aromatic ring is 1. The van der Waals surface area contributed by atoms with Crippen LogP contribution in [0.25, 0.3) is 0 Å². The van der Waals surface area contributed by atoms with E-state index in [2.05, 4.69) is 26.8 Å². The molecule has 1 aromatic heterocycles. The molecule has 0 amide bonds. The van der Waals surface area contributed by atoms with E-state index in [-0.39, 0.29) is 12.1 Å². The quantitative estimate of drug-likeness (QED) is 0.876. The van der Waals surface area contributed by atoms with Crippen LogP contribution in [0.2, 0.25) is 0 Å². The van der Waals surface area contributed by atoms with E-state index >= 15 is 0 Å². The molecule has 1 fully saturated rings. The lowest BCUT2D eigenvalue weighted by atomic mass is 10.2. The summed E-state index contributed by atoms with van der Waals surface area (Å²) in [6, 6.07) is 0.813. The van der Waals surface area contributed by atoms with Crippen LogP contribution in [0, 0.1) is 0 Å². The third-order valence-corrected chi connectivity index (χ3v) is 3.07. The van der Waals surface area contributed by atoms with Gasteiger partial charge in [0.1, 0.15) is 0 Å². The van der Waals surface area contributed by atoms with E-state index in [1.807, 2.05) is 13.8 Å². The van der Waals surface area contributed by atoms with Crippen molar-refractivity contribution in [1.82, 2.24) is 15.0 Å². The maximum Gasteiger partial charge on any atom is 0.323 e. The van der Waals surface area contributed by atoms with E-state index in [0.29, 0.717) is 18.0 Å². The third-order valence-electron chi connectivity index (χ3n) is 3.07. The molecule has 6 heteroatoms. The van der Waals surface area contributed by atoms with Gasteiger partial charge >= 0.3 is 6.01 Å². The second kappa shape index (κ2) is 5.37. The van der Waals surface area contributed by atoms with Crippen molar-refractivity contribution in [1.29, 1.82) is 0 Å². The Hall–Kier alpha value is -1.59. The fraction of sp³-hybridized carbons (Fsp3) is 0.750. The van der Waals surface area contributed by atoms with Gasteiger partial charge in [0.2, 0.25) is 11.9 Å². The van der Waals surface area contributed by atoms with E-state index in [4.69, 9.17) is 10.5 Å². The normalized spacial score (nSPS) is 19.6. The molecule has 2 N–H and O–H groups in total. The monoisotopic (exact) mass is 251 g/mol. The smallest absolute Gasteiger partial charge is 0.323 e. The molecule has 6 nitrogen and oxygen atoms in total. The maximum absolute atomic E-state index is 5.72. The molecule has 0 spiro atoms. The minimum Gasteiger partial charge on any atom is -0.461 e. The average Bonchev–Trinajstić information content (AvgIpc) is 2.75. The third kappa shape index (κ3) is 2.80. The van der Waals surface area contributed by atoms with Crippen LogP contribution in [0.4, 0.5) is 11.9 Å². The summed E-state index contributed by atoms with van der Waals surface area (Å²) < 4.78 is 5.50. The molecular weight excluding hydrogens is 230 g/mol. The van der Waals surface area contributed by atoms with Crippen molar-refractivity contribution in [3.8, 4) is 6.01 Å². The zero-order valence-corrected chi connectivity index (χ0v) is 11.3. The van der Waals surface area contributed by atoms with Crippen molar-refractivity contribution >= 4 is 11.9 Å². The molecular formula is C12H21N5O. The SMILES string of the molecule is CCC1CCCN1c1nc(N)nc(OC(C)C)n1. The number of nitrogens with zero attached hydrogens (tertiary/aromatic N) is 4. The standard InChI is InChI=1S/C12H21N5O/c1-4-9-6-5-7-17(9)11-14-10(13)15-12(16-11)18-8(2)3/h8-9H,4-7H2,1-3H3,(H2,13,14,15,16). The van der Waals surface area contributed by atoms with Crippen molar-refractivity contribution in [2.45, 2.75) is 52.2 Å². The second-order valence-corrected chi connectivity index (χ2v) is 4.84. The van der Waals surface area contributed by atoms with Gasteiger partial charge in [0.15, 0.2) is 0 Å². The molecule has 2 rings (SSSR count). The van der Waals surface area contributed by atoms with Crippen LogP contribution in [0.15, 0.2) is 0 Å². The Kier molecular flexibility index (Phi) is 3.84. The van der Waals surface area contributed by atoms with Gasteiger partial charge in [-0.25, -0.2) is 0 Å². The van der Waals surface area contributed by atoms with Crippen LogP contribution in [0.5, 0.6) is 6.01 Å². The molecule has 1 aliphatic rings. The Morgan fingerprint density at radius 3 is 2.83 bits per heavy atom. The lowest BCUT2D eigenvalue weighted by Gasteiger charge is -2.23. The summed E-state index contributed by atoms with van der Waals surface area (Å²) in [4.78, 5) is 14.8. The second-order valence-electron chi connectivity index (χ2n) is 4.84. The summed E-state index contributed by atoms with van der Waals surface area (Å²) in [6.07, 6.45) is 3.47. The fourth-order valence-electron chi connectivity index (χ4n) is 2.28. The Balaban J connectivity index is 2.24. The topological polar surface area (TPSA) is 77.2 Å². The van der Waals surface area contributed by atoms with Crippen molar-refractivity contribution in [2.24, 2.45) is 0 Å². The van der Waals surface area contributed by atoms with Gasteiger partial charge in [-0.3, -0.25) is 0 Å². The highest BCUT2D eigenvalue weighted by molar-refractivity contribution is 5.38. The van der Waals surface area contributed by atoms with E-state index in [1.54, 1.807) is 0 Å². The minimum atomic E-state index is 0.0280. The van der Waals surface area contributed by atoms with Crippen molar-refractivity contribution in [3.05, 3.63) is 0 Å². The Morgan fingerprint density at radius 1 is 1.39 bits per heavy atom.